The molecule has 0 aromatic carbocycles. The summed E-state index contributed by atoms with van der Waals surface area (Å²) in [5.41, 5.74) is 5.58. The van der Waals surface area contributed by atoms with Crippen LogP contribution in [0, 0.1) is 0 Å². The molecule has 88 valence electrons. The van der Waals surface area contributed by atoms with Gasteiger partial charge in [-0.2, -0.15) is 0 Å². The predicted molar refractivity (Wildman–Crippen MR) is 69.9 cm³/mol. The van der Waals surface area contributed by atoms with E-state index < -0.39 is 0 Å². The molecule has 0 fully saturated rings. The van der Waals surface area contributed by atoms with Crippen LogP contribution in [0.5, 0.6) is 0 Å². The SMILES string of the molecule is CCCCCCCCC=CC=CC(C)N. The van der Waals surface area contributed by atoms with Gasteiger partial charge in [-0.05, 0) is 19.8 Å². The molecule has 1 atom stereocenters. The van der Waals surface area contributed by atoms with Crippen LogP contribution in [-0.4, -0.2) is 6.04 Å². The minimum atomic E-state index is 0.170. The van der Waals surface area contributed by atoms with Crippen molar-refractivity contribution in [1.29, 1.82) is 0 Å². The summed E-state index contributed by atoms with van der Waals surface area (Å²) in [4.78, 5) is 0. The van der Waals surface area contributed by atoms with E-state index in [1.165, 1.54) is 44.9 Å². The van der Waals surface area contributed by atoms with Crippen LogP contribution in [0.25, 0.3) is 0 Å². The van der Waals surface area contributed by atoms with Gasteiger partial charge in [0.25, 0.3) is 0 Å². The highest BCUT2D eigenvalue weighted by Gasteiger charge is 1.87. The van der Waals surface area contributed by atoms with Crippen LogP contribution in [-0.2, 0) is 0 Å². The largest absolute Gasteiger partial charge is 0.325 e. The highest BCUT2D eigenvalue weighted by Crippen LogP contribution is 2.07. The zero-order valence-electron chi connectivity index (χ0n) is 10.4. The maximum absolute atomic E-state index is 5.58. The Bertz CT molecular complexity index is 168. The zero-order valence-corrected chi connectivity index (χ0v) is 10.4. The lowest BCUT2D eigenvalue weighted by atomic mass is 10.1. The monoisotopic (exact) mass is 209 g/mol. The second-order valence-corrected chi connectivity index (χ2v) is 4.23. The number of hydrogen-bond donors (Lipinski definition) is 1. The van der Waals surface area contributed by atoms with E-state index in [0.717, 1.165) is 0 Å². The van der Waals surface area contributed by atoms with Crippen molar-refractivity contribution in [3.63, 3.8) is 0 Å². The smallest absolute Gasteiger partial charge is 0.0197 e. The highest BCUT2D eigenvalue weighted by molar-refractivity contribution is 5.04. The lowest BCUT2D eigenvalue weighted by molar-refractivity contribution is 0.611. The Kier molecular flexibility index (Phi) is 11.1. The second kappa shape index (κ2) is 11.5. The molecule has 1 nitrogen and oxygen atoms in total. The molecule has 0 saturated carbocycles. The molecule has 0 saturated heterocycles. The topological polar surface area (TPSA) is 26.0 Å². The van der Waals surface area contributed by atoms with E-state index in [2.05, 4.69) is 19.1 Å². The fraction of sp³-hybridized carbons (Fsp3) is 0.714. The van der Waals surface area contributed by atoms with Crippen molar-refractivity contribution in [1.82, 2.24) is 0 Å². The maximum Gasteiger partial charge on any atom is 0.0197 e. The van der Waals surface area contributed by atoms with Gasteiger partial charge in [-0.25, -0.2) is 0 Å². The molecule has 2 N–H and O–H groups in total. The average Bonchev–Trinajstić information content (AvgIpc) is 2.20. The van der Waals surface area contributed by atoms with Crippen LogP contribution < -0.4 is 5.73 Å². The summed E-state index contributed by atoms with van der Waals surface area (Å²) in [6.07, 6.45) is 17.8. The summed E-state index contributed by atoms with van der Waals surface area (Å²) in [5, 5.41) is 0. The Hall–Kier alpha value is -0.560. The highest BCUT2D eigenvalue weighted by atomic mass is 14.6. The summed E-state index contributed by atoms with van der Waals surface area (Å²) in [6, 6.07) is 0.170. The molecule has 0 spiro atoms. The second-order valence-electron chi connectivity index (χ2n) is 4.23. The Morgan fingerprint density at radius 2 is 1.67 bits per heavy atom. The molecule has 1 heteroatoms. The molecule has 0 aliphatic heterocycles. The van der Waals surface area contributed by atoms with Gasteiger partial charge in [0.15, 0.2) is 0 Å². The molecule has 0 rings (SSSR count). The van der Waals surface area contributed by atoms with Crippen molar-refractivity contribution < 1.29 is 0 Å². The van der Waals surface area contributed by atoms with E-state index in [9.17, 15) is 0 Å². The standard InChI is InChI=1S/C14H27N/c1-3-4-5-6-7-8-9-10-11-12-13-14(2)15/h10-14H,3-9,15H2,1-2H3. The number of rotatable bonds is 9. The van der Waals surface area contributed by atoms with Crippen molar-refractivity contribution in [2.45, 2.75) is 64.8 Å². The first-order valence-corrected chi connectivity index (χ1v) is 6.36. The molecular weight excluding hydrogens is 182 g/mol. The Morgan fingerprint density at radius 3 is 2.33 bits per heavy atom. The molecule has 0 heterocycles. The molecule has 0 aromatic heterocycles. The summed E-state index contributed by atoms with van der Waals surface area (Å²) in [7, 11) is 0. The minimum Gasteiger partial charge on any atom is -0.325 e. The van der Waals surface area contributed by atoms with E-state index >= 15 is 0 Å². The molecule has 0 aromatic rings. The van der Waals surface area contributed by atoms with Crippen LogP contribution in [0.1, 0.15) is 58.8 Å². The van der Waals surface area contributed by atoms with Gasteiger partial charge in [0.1, 0.15) is 0 Å². The van der Waals surface area contributed by atoms with Gasteiger partial charge in [-0.3, -0.25) is 0 Å². The van der Waals surface area contributed by atoms with Crippen molar-refractivity contribution in [2.24, 2.45) is 5.73 Å². The van der Waals surface area contributed by atoms with Gasteiger partial charge in [0, 0.05) is 6.04 Å². The summed E-state index contributed by atoms with van der Waals surface area (Å²) in [6.45, 7) is 4.24. The third-order valence-electron chi connectivity index (χ3n) is 2.39. The molecule has 15 heavy (non-hydrogen) atoms. The third-order valence-corrected chi connectivity index (χ3v) is 2.39. The molecule has 0 radical (unpaired) electrons. The Labute approximate surface area is 95.4 Å². The van der Waals surface area contributed by atoms with E-state index in [1.54, 1.807) is 0 Å². The van der Waals surface area contributed by atoms with Crippen molar-refractivity contribution in [3.05, 3.63) is 24.3 Å². The van der Waals surface area contributed by atoms with Gasteiger partial charge in [0.05, 0.1) is 0 Å². The fourth-order valence-electron chi connectivity index (χ4n) is 1.46. The predicted octanol–water partition coefficient (Wildman–Crippen LogP) is 4.20. The normalized spacial score (nSPS) is 14.1. The number of allylic oxidation sites excluding steroid dienone is 3. The molecule has 0 bridgehead atoms. The van der Waals surface area contributed by atoms with Gasteiger partial charge < -0.3 is 5.73 Å². The van der Waals surface area contributed by atoms with Crippen LogP contribution in [0.3, 0.4) is 0 Å². The van der Waals surface area contributed by atoms with E-state index in [-0.39, 0.29) is 6.04 Å². The van der Waals surface area contributed by atoms with Gasteiger partial charge >= 0.3 is 0 Å². The number of nitrogens with two attached hydrogens (primary N) is 1. The van der Waals surface area contributed by atoms with Crippen LogP contribution >= 0.6 is 0 Å². The first-order chi connectivity index (χ1) is 7.27. The Balaban J connectivity index is 3.16. The van der Waals surface area contributed by atoms with E-state index in [0.29, 0.717) is 0 Å². The van der Waals surface area contributed by atoms with Gasteiger partial charge in [-0.15, -0.1) is 0 Å². The molecule has 0 amide bonds. The third kappa shape index (κ3) is 13.4. The van der Waals surface area contributed by atoms with Gasteiger partial charge in [-0.1, -0.05) is 63.3 Å². The zero-order chi connectivity index (χ0) is 11.4. The quantitative estimate of drug-likeness (QED) is 0.447. The maximum atomic E-state index is 5.58. The molecule has 0 aliphatic carbocycles. The first kappa shape index (κ1) is 14.4. The molecule has 0 aliphatic rings. The lowest BCUT2D eigenvalue weighted by Gasteiger charge is -1.97. The fourth-order valence-corrected chi connectivity index (χ4v) is 1.46. The first-order valence-electron chi connectivity index (χ1n) is 6.36. The molecule has 1 unspecified atom stereocenters. The van der Waals surface area contributed by atoms with Crippen LogP contribution in [0.2, 0.25) is 0 Å². The average molecular weight is 209 g/mol. The summed E-state index contributed by atoms with van der Waals surface area (Å²) < 4.78 is 0. The lowest BCUT2D eigenvalue weighted by Crippen LogP contribution is -2.09. The van der Waals surface area contributed by atoms with Crippen molar-refractivity contribution >= 4 is 0 Å². The van der Waals surface area contributed by atoms with E-state index in [1.807, 2.05) is 19.1 Å². The van der Waals surface area contributed by atoms with Crippen molar-refractivity contribution in [3.8, 4) is 0 Å². The number of hydrogen-bond acceptors (Lipinski definition) is 1. The van der Waals surface area contributed by atoms with E-state index in [4.69, 9.17) is 5.73 Å². The minimum absolute atomic E-state index is 0.170. The van der Waals surface area contributed by atoms with Crippen LogP contribution in [0.15, 0.2) is 24.3 Å². The van der Waals surface area contributed by atoms with Crippen molar-refractivity contribution in [2.75, 3.05) is 0 Å². The van der Waals surface area contributed by atoms with Crippen LogP contribution in [0.4, 0.5) is 0 Å². The summed E-state index contributed by atoms with van der Waals surface area (Å²) >= 11 is 0. The number of unbranched alkanes of at least 4 members (excludes halogenated alkanes) is 6. The van der Waals surface area contributed by atoms with Gasteiger partial charge in [0.2, 0.25) is 0 Å². The molecular formula is C14H27N. The Morgan fingerprint density at radius 1 is 1.00 bits per heavy atom. The summed E-state index contributed by atoms with van der Waals surface area (Å²) in [5.74, 6) is 0.